The third-order valence-corrected chi connectivity index (χ3v) is 5.82. The van der Waals surface area contributed by atoms with Crippen LogP contribution in [0.15, 0.2) is 36.4 Å². The molecule has 0 aliphatic carbocycles. The number of benzene rings is 1. The molecule has 1 aliphatic heterocycles. The van der Waals surface area contributed by atoms with Gasteiger partial charge in [0.25, 0.3) is 5.91 Å². The first-order valence-corrected chi connectivity index (χ1v) is 10.2. The first-order valence-electron chi connectivity index (χ1n) is 10.2. The molecule has 1 fully saturated rings. The second-order valence-electron chi connectivity index (χ2n) is 8.10. The van der Waals surface area contributed by atoms with Gasteiger partial charge in [-0.1, -0.05) is 12.1 Å². The smallest absolute Gasteiger partial charge is 0.348 e. The van der Waals surface area contributed by atoms with Crippen molar-refractivity contribution in [2.75, 3.05) is 13.1 Å². The molecule has 3 aromatic heterocycles. The molecule has 1 N–H and O–H groups in total. The quantitative estimate of drug-likeness (QED) is 0.455. The molecule has 0 radical (unpaired) electrons. The number of hydrogen-bond donors (Lipinski definition) is 1. The van der Waals surface area contributed by atoms with Crippen LogP contribution in [0.1, 0.15) is 46.3 Å². The normalized spacial score (nSPS) is 17.4. The van der Waals surface area contributed by atoms with E-state index in [1.807, 2.05) is 0 Å². The zero-order valence-corrected chi connectivity index (χ0v) is 17.1. The fourth-order valence-corrected chi connectivity index (χ4v) is 4.33. The predicted molar refractivity (Wildman–Crippen MR) is 109 cm³/mol. The topological polar surface area (TPSA) is 66.3 Å². The summed E-state index contributed by atoms with van der Waals surface area (Å²) in [5.74, 6) is -1.12. The molecule has 0 saturated carbocycles. The average Bonchev–Trinajstić information content (AvgIpc) is 3.35. The Bertz CT molecular complexity index is 1340. The maximum atomic E-state index is 14.0. The number of nitrogens with zero attached hydrogens (tertiary/aromatic N) is 4. The summed E-state index contributed by atoms with van der Waals surface area (Å²) >= 11 is 0. The summed E-state index contributed by atoms with van der Waals surface area (Å²) in [5.41, 5.74) is 0.456. The lowest BCUT2D eigenvalue weighted by atomic mass is 9.93. The lowest BCUT2D eigenvalue weighted by molar-refractivity contribution is -0.142. The molecule has 4 aromatic rings. The molecule has 4 heterocycles. The summed E-state index contributed by atoms with van der Waals surface area (Å²) in [6, 6.07) is 8.69. The lowest BCUT2D eigenvalue weighted by Crippen LogP contribution is -2.39. The van der Waals surface area contributed by atoms with Crippen molar-refractivity contribution in [3.8, 4) is 0 Å². The van der Waals surface area contributed by atoms with E-state index >= 15 is 0 Å². The number of aromatic amines is 1. The van der Waals surface area contributed by atoms with E-state index in [1.165, 1.54) is 12.1 Å². The predicted octanol–water partition coefficient (Wildman–Crippen LogP) is 4.70. The average molecular weight is 445 g/mol. The van der Waals surface area contributed by atoms with Gasteiger partial charge in [-0.3, -0.25) is 4.79 Å². The van der Waals surface area contributed by atoms with E-state index in [0.717, 1.165) is 10.6 Å². The van der Waals surface area contributed by atoms with Crippen LogP contribution >= 0.6 is 0 Å². The van der Waals surface area contributed by atoms with Crippen molar-refractivity contribution in [2.45, 2.75) is 31.9 Å². The molecule has 1 saturated heterocycles. The number of halogens is 4. The molecule has 6 nitrogen and oxygen atoms in total. The number of fused-ring (bicyclic) bond motifs is 2. The first-order chi connectivity index (χ1) is 15.2. The van der Waals surface area contributed by atoms with E-state index in [1.54, 1.807) is 30.0 Å². The maximum absolute atomic E-state index is 14.0. The highest BCUT2D eigenvalue weighted by Crippen LogP contribution is 2.34. The lowest BCUT2D eigenvalue weighted by Gasteiger charge is -2.32. The molecule has 1 amide bonds. The number of H-pyrrole nitrogens is 1. The van der Waals surface area contributed by atoms with Crippen LogP contribution in [0.2, 0.25) is 0 Å². The Labute approximate surface area is 179 Å². The molecule has 1 aromatic carbocycles. The molecule has 0 unspecified atom stereocenters. The SMILES string of the molecule is Cc1cc2nc([C@H]3CCCN(C(=O)c4cc5cccc(F)c5[nH]4)C3)cc(C(F)(F)F)n2n1. The molecule has 32 heavy (non-hydrogen) atoms. The minimum absolute atomic E-state index is 0.127. The van der Waals surface area contributed by atoms with Gasteiger partial charge in [0.05, 0.1) is 11.2 Å². The summed E-state index contributed by atoms with van der Waals surface area (Å²) in [5, 5.41) is 4.49. The molecular formula is C22H19F4N5O. The van der Waals surface area contributed by atoms with E-state index in [9.17, 15) is 22.4 Å². The number of rotatable bonds is 2. The summed E-state index contributed by atoms with van der Waals surface area (Å²) < 4.78 is 55.7. The largest absolute Gasteiger partial charge is 0.433 e. The number of nitrogens with one attached hydrogen (secondary N) is 1. The van der Waals surface area contributed by atoms with Crippen molar-refractivity contribution >= 4 is 22.5 Å². The van der Waals surface area contributed by atoms with Crippen molar-refractivity contribution in [1.82, 2.24) is 24.5 Å². The highest BCUT2D eigenvalue weighted by atomic mass is 19.4. The van der Waals surface area contributed by atoms with Gasteiger partial charge < -0.3 is 9.88 Å². The maximum Gasteiger partial charge on any atom is 0.433 e. The standard InChI is InChI=1S/C22H19F4N5O/c1-12-8-19-27-16(10-18(22(24,25)26)31(19)29-12)14-5-3-7-30(11-14)21(32)17-9-13-4-2-6-15(23)20(13)28-17/h2,4,6,8-10,14,28H,3,5,7,11H2,1H3/t14-/m0/s1. The highest BCUT2D eigenvalue weighted by Gasteiger charge is 2.36. The van der Waals surface area contributed by atoms with Gasteiger partial charge in [0.15, 0.2) is 5.65 Å². The summed E-state index contributed by atoms with van der Waals surface area (Å²) in [4.78, 5) is 21.9. The second-order valence-corrected chi connectivity index (χ2v) is 8.10. The van der Waals surface area contributed by atoms with E-state index in [-0.39, 0.29) is 40.9 Å². The Morgan fingerprint density at radius 2 is 2.03 bits per heavy atom. The van der Waals surface area contributed by atoms with Crippen LogP contribution in [0, 0.1) is 12.7 Å². The molecular weight excluding hydrogens is 426 g/mol. The number of aryl methyl sites for hydroxylation is 1. The Hall–Kier alpha value is -3.43. The number of para-hydroxylation sites is 1. The molecule has 10 heteroatoms. The number of aromatic nitrogens is 4. The van der Waals surface area contributed by atoms with Crippen molar-refractivity contribution in [3.63, 3.8) is 0 Å². The zero-order chi connectivity index (χ0) is 22.6. The Balaban J connectivity index is 1.46. The van der Waals surface area contributed by atoms with Crippen LogP contribution in [0.3, 0.4) is 0 Å². The van der Waals surface area contributed by atoms with E-state index < -0.39 is 17.7 Å². The fraction of sp³-hybridized carbons (Fsp3) is 0.318. The number of hydrogen-bond acceptors (Lipinski definition) is 3. The van der Waals surface area contributed by atoms with Crippen molar-refractivity contribution in [3.05, 3.63) is 65.0 Å². The van der Waals surface area contributed by atoms with E-state index in [0.29, 0.717) is 30.5 Å². The van der Waals surface area contributed by atoms with Crippen LogP contribution in [0.4, 0.5) is 17.6 Å². The Morgan fingerprint density at radius 3 is 2.78 bits per heavy atom. The molecule has 166 valence electrons. The number of alkyl halides is 3. The van der Waals surface area contributed by atoms with Crippen LogP contribution < -0.4 is 0 Å². The van der Waals surface area contributed by atoms with E-state index in [4.69, 9.17) is 0 Å². The van der Waals surface area contributed by atoms with Gasteiger partial charge in [-0.15, -0.1) is 0 Å². The third kappa shape index (κ3) is 3.49. The molecule has 1 aliphatic rings. The van der Waals surface area contributed by atoms with Gasteiger partial charge in [-0.05, 0) is 38.0 Å². The molecule has 0 spiro atoms. The highest BCUT2D eigenvalue weighted by molar-refractivity contribution is 5.98. The van der Waals surface area contributed by atoms with E-state index in [2.05, 4.69) is 15.1 Å². The van der Waals surface area contributed by atoms with Gasteiger partial charge >= 0.3 is 6.18 Å². The summed E-state index contributed by atoms with van der Waals surface area (Å²) in [7, 11) is 0. The Kier molecular flexibility index (Phi) is 4.68. The number of amides is 1. The Morgan fingerprint density at radius 1 is 1.22 bits per heavy atom. The monoisotopic (exact) mass is 445 g/mol. The van der Waals surface area contributed by atoms with Crippen LogP contribution in [0.5, 0.6) is 0 Å². The minimum Gasteiger partial charge on any atom is -0.348 e. The third-order valence-electron chi connectivity index (χ3n) is 5.82. The van der Waals surface area contributed by atoms with Gasteiger partial charge in [-0.2, -0.15) is 18.3 Å². The summed E-state index contributed by atoms with van der Waals surface area (Å²) in [6.07, 6.45) is -3.36. The van der Waals surface area contributed by atoms with Crippen LogP contribution in [-0.2, 0) is 6.18 Å². The molecule has 0 bridgehead atoms. The molecule has 5 rings (SSSR count). The van der Waals surface area contributed by atoms with Crippen molar-refractivity contribution in [2.24, 2.45) is 0 Å². The number of piperidine rings is 1. The number of carbonyl (C=O) groups excluding carboxylic acids is 1. The van der Waals surface area contributed by atoms with Crippen molar-refractivity contribution in [1.29, 1.82) is 0 Å². The van der Waals surface area contributed by atoms with Gasteiger partial charge in [0.1, 0.15) is 17.2 Å². The second kappa shape index (κ2) is 7.32. The van der Waals surface area contributed by atoms with Crippen molar-refractivity contribution < 1.29 is 22.4 Å². The zero-order valence-electron chi connectivity index (χ0n) is 17.1. The van der Waals surface area contributed by atoms with Gasteiger partial charge in [-0.25, -0.2) is 13.9 Å². The first kappa shape index (κ1) is 20.5. The van der Waals surface area contributed by atoms with Crippen LogP contribution in [-0.4, -0.2) is 43.5 Å². The minimum atomic E-state index is -4.59. The van der Waals surface area contributed by atoms with Crippen LogP contribution in [0.25, 0.3) is 16.6 Å². The summed E-state index contributed by atoms with van der Waals surface area (Å²) in [6.45, 7) is 2.30. The van der Waals surface area contributed by atoms with Gasteiger partial charge in [0, 0.05) is 36.2 Å². The fourth-order valence-electron chi connectivity index (χ4n) is 4.33. The number of likely N-dealkylation sites (tertiary alicyclic amines) is 1. The number of carbonyl (C=O) groups is 1. The van der Waals surface area contributed by atoms with Gasteiger partial charge in [0.2, 0.25) is 0 Å². The molecule has 1 atom stereocenters.